The molecule has 0 spiro atoms. The second-order valence-electron chi connectivity index (χ2n) is 4.87. The second-order valence-corrected chi connectivity index (χ2v) is 6.62. The van der Waals surface area contributed by atoms with Gasteiger partial charge in [0.2, 0.25) is 0 Å². The molecule has 0 saturated carbocycles. The van der Waals surface area contributed by atoms with Crippen LogP contribution < -0.4 is 5.32 Å². The lowest BCUT2D eigenvalue weighted by molar-refractivity contribution is 0.207. The molecule has 2 amide bonds. The van der Waals surface area contributed by atoms with E-state index in [2.05, 4.69) is 5.32 Å². The van der Waals surface area contributed by atoms with Gasteiger partial charge in [-0.3, -0.25) is 0 Å². The quantitative estimate of drug-likeness (QED) is 0.770. The van der Waals surface area contributed by atoms with Crippen molar-refractivity contribution in [3.63, 3.8) is 0 Å². The number of hydrogen-bond acceptors (Lipinski definition) is 3. The number of amides is 2. The Kier molecular flexibility index (Phi) is 2.43. The summed E-state index contributed by atoms with van der Waals surface area (Å²) >= 11 is 0. The zero-order chi connectivity index (χ0) is 12.8. The minimum Gasteiger partial charge on any atom is -0.306 e. The lowest BCUT2D eigenvalue weighted by Crippen LogP contribution is -2.53. The van der Waals surface area contributed by atoms with Gasteiger partial charge in [-0.1, -0.05) is 12.1 Å². The number of nitrogens with zero attached hydrogens (tertiary/aromatic N) is 1. The molecule has 5 nitrogen and oxygen atoms in total. The number of carbonyl (C=O) groups excluding carboxylic acids is 1. The Morgan fingerprint density at radius 1 is 1.18 bits per heavy atom. The first-order valence-corrected chi connectivity index (χ1v) is 6.64. The zero-order valence-corrected chi connectivity index (χ0v) is 10.7. The lowest BCUT2D eigenvalue weighted by Gasteiger charge is -2.37. The van der Waals surface area contributed by atoms with Crippen molar-refractivity contribution in [2.75, 3.05) is 5.32 Å². The molecular weight excluding hydrogens is 240 g/mol. The Balaban J connectivity index is 2.68. The number of fused-ring (bicyclic) bond motifs is 1. The normalized spacial score (nSPS) is 18.5. The molecule has 0 saturated heterocycles. The van der Waals surface area contributed by atoms with Crippen molar-refractivity contribution in [3.8, 4) is 0 Å². The maximum atomic E-state index is 12.3. The summed E-state index contributed by atoms with van der Waals surface area (Å²) in [6.07, 6.45) is 0. The molecule has 1 aliphatic rings. The number of para-hydroxylation sites is 1. The topological polar surface area (TPSA) is 66.5 Å². The van der Waals surface area contributed by atoms with Crippen molar-refractivity contribution >= 4 is 21.7 Å². The number of benzene rings is 1. The zero-order valence-electron chi connectivity index (χ0n) is 9.89. The molecule has 0 unspecified atom stereocenters. The van der Waals surface area contributed by atoms with Gasteiger partial charge in [-0.25, -0.2) is 17.5 Å². The van der Waals surface area contributed by atoms with Gasteiger partial charge < -0.3 is 5.32 Å². The number of carbonyl (C=O) groups is 1. The first kappa shape index (κ1) is 11.9. The Labute approximate surface area is 100 Å². The highest BCUT2D eigenvalue weighted by Gasteiger charge is 2.42. The number of hydrogen-bond donors (Lipinski definition) is 1. The van der Waals surface area contributed by atoms with E-state index in [1.165, 1.54) is 6.07 Å². The van der Waals surface area contributed by atoms with Crippen molar-refractivity contribution in [2.24, 2.45) is 0 Å². The molecule has 2 rings (SSSR count). The van der Waals surface area contributed by atoms with Crippen LogP contribution in [0.1, 0.15) is 20.8 Å². The largest absolute Gasteiger partial charge is 0.336 e. The van der Waals surface area contributed by atoms with E-state index < -0.39 is 21.6 Å². The third-order valence-electron chi connectivity index (χ3n) is 2.44. The summed E-state index contributed by atoms with van der Waals surface area (Å²) < 4.78 is 25.5. The molecule has 0 radical (unpaired) electrons. The molecule has 6 heteroatoms. The third kappa shape index (κ3) is 1.78. The Morgan fingerprint density at radius 2 is 1.76 bits per heavy atom. The molecule has 0 aromatic heterocycles. The third-order valence-corrected chi connectivity index (χ3v) is 4.55. The highest BCUT2D eigenvalue weighted by molar-refractivity contribution is 7.90. The van der Waals surface area contributed by atoms with E-state index in [0.717, 1.165) is 4.31 Å². The molecular formula is C11H14N2O3S. The summed E-state index contributed by atoms with van der Waals surface area (Å²) in [5.41, 5.74) is -0.464. The van der Waals surface area contributed by atoms with E-state index in [0.29, 0.717) is 5.69 Å². The fraction of sp³-hybridized carbons (Fsp3) is 0.364. The molecule has 0 atom stereocenters. The van der Waals surface area contributed by atoms with Crippen LogP contribution in [0.3, 0.4) is 0 Å². The van der Waals surface area contributed by atoms with Gasteiger partial charge in [0, 0.05) is 0 Å². The van der Waals surface area contributed by atoms with Gasteiger partial charge in [0.25, 0.3) is 10.0 Å². The highest BCUT2D eigenvalue weighted by atomic mass is 32.2. The summed E-state index contributed by atoms with van der Waals surface area (Å²) in [5.74, 6) is 0. The Morgan fingerprint density at radius 3 is 2.35 bits per heavy atom. The van der Waals surface area contributed by atoms with Crippen LogP contribution in [0.5, 0.6) is 0 Å². The maximum Gasteiger partial charge on any atom is 0.336 e. The summed E-state index contributed by atoms with van der Waals surface area (Å²) in [6, 6.07) is 5.76. The van der Waals surface area contributed by atoms with Gasteiger partial charge in [0.05, 0.1) is 11.2 Å². The minimum absolute atomic E-state index is 0.134. The van der Waals surface area contributed by atoms with E-state index in [1.807, 2.05) is 0 Å². The number of urea groups is 1. The van der Waals surface area contributed by atoms with Crippen molar-refractivity contribution in [1.82, 2.24) is 4.31 Å². The monoisotopic (exact) mass is 254 g/mol. The van der Waals surface area contributed by atoms with Crippen molar-refractivity contribution in [1.29, 1.82) is 0 Å². The standard InChI is InChI=1S/C11H14N2O3S/c1-11(2,3)13-10(14)12-8-6-4-5-7-9(8)17(13,15)16/h4-7H,1-3H3,(H,12,14). The van der Waals surface area contributed by atoms with Crippen LogP contribution in [0.25, 0.3) is 0 Å². The van der Waals surface area contributed by atoms with Gasteiger partial charge in [0.1, 0.15) is 4.90 Å². The van der Waals surface area contributed by atoms with E-state index in [4.69, 9.17) is 0 Å². The predicted molar refractivity (Wildman–Crippen MR) is 64.2 cm³/mol. The molecule has 0 fully saturated rings. The van der Waals surface area contributed by atoms with Crippen LogP contribution in [-0.2, 0) is 10.0 Å². The second kappa shape index (κ2) is 3.46. The van der Waals surface area contributed by atoms with Crippen LogP contribution in [0.4, 0.5) is 10.5 Å². The average molecular weight is 254 g/mol. The summed E-state index contributed by atoms with van der Waals surface area (Å²) in [7, 11) is -3.77. The lowest BCUT2D eigenvalue weighted by atomic mass is 10.1. The average Bonchev–Trinajstić information content (AvgIpc) is 2.14. The van der Waals surface area contributed by atoms with Crippen LogP contribution >= 0.6 is 0 Å². The predicted octanol–water partition coefficient (Wildman–Crippen LogP) is 2.02. The van der Waals surface area contributed by atoms with Gasteiger partial charge in [-0.2, -0.15) is 0 Å². The molecule has 1 aromatic carbocycles. The van der Waals surface area contributed by atoms with Gasteiger partial charge in [-0.05, 0) is 32.9 Å². The van der Waals surface area contributed by atoms with Crippen LogP contribution in [0.15, 0.2) is 29.2 Å². The first-order valence-electron chi connectivity index (χ1n) is 5.20. The van der Waals surface area contributed by atoms with E-state index in [-0.39, 0.29) is 4.90 Å². The van der Waals surface area contributed by atoms with Crippen molar-refractivity contribution in [2.45, 2.75) is 31.2 Å². The van der Waals surface area contributed by atoms with Gasteiger partial charge >= 0.3 is 6.03 Å². The number of anilines is 1. The van der Waals surface area contributed by atoms with Crippen LogP contribution in [-0.4, -0.2) is 24.3 Å². The molecule has 1 heterocycles. The molecule has 1 N–H and O–H groups in total. The molecule has 1 aliphatic heterocycles. The molecule has 0 aliphatic carbocycles. The van der Waals surface area contributed by atoms with Crippen LogP contribution in [0.2, 0.25) is 0 Å². The van der Waals surface area contributed by atoms with Crippen LogP contribution in [0, 0.1) is 0 Å². The minimum atomic E-state index is -3.77. The number of sulfonamides is 1. The molecule has 1 aromatic rings. The molecule has 17 heavy (non-hydrogen) atoms. The Bertz CT molecular complexity index is 573. The molecule has 92 valence electrons. The van der Waals surface area contributed by atoms with Gasteiger partial charge in [-0.15, -0.1) is 0 Å². The maximum absolute atomic E-state index is 12.3. The SMILES string of the molecule is CC(C)(C)N1C(=O)Nc2ccccc2S1(=O)=O. The van der Waals surface area contributed by atoms with Crippen molar-refractivity contribution < 1.29 is 13.2 Å². The summed E-state index contributed by atoms with van der Waals surface area (Å²) in [4.78, 5) is 12.0. The highest BCUT2D eigenvalue weighted by Crippen LogP contribution is 2.33. The van der Waals surface area contributed by atoms with Gasteiger partial charge in [0.15, 0.2) is 0 Å². The summed E-state index contributed by atoms with van der Waals surface area (Å²) in [5, 5.41) is 2.58. The van der Waals surface area contributed by atoms with E-state index in [1.54, 1.807) is 39.0 Å². The van der Waals surface area contributed by atoms with Crippen molar-refractivity contribution in [3.05, 3.63) is 24.3 Å². The number of nitrogens with one attached hydrogen (secondary N) is 1. The van der Waals surface area contributed by atoms with E-state index >= 15 is 0 Å². The fourth-order valence-electron chi connectivity index (χ4n) is 1.83. The smallest absolute Gasteiger partial charge is 0.306 e. The molecule has 0 bridgehead atoms. The Hall–Kier alpha value is -1.56. The summed E-state index contributed by atoms with van der Waals surface area (Å²) in [6.45, 7) is 5.04. The van der Waals surface area contributed by atoms with E-state index in [9.17, 15) is 13.2 Å². The fourth-order valence-corrected chi connectivity index (χ4v) is 3.66. The number of rotatable bonds is 0. The first-order chi connectivity index (χ1) is 7.74.